The summed E-state index contributed by atoms with van der Waals surface area (Å²) in [5, 5.41) is -0.0589. The molecule has 0 aromatic heterocycles. The molecule has 0 radical (unpaired) electrons. The Hall–Kier alpha value is -0.200. The van der Waals surface area contributed by atoms with E-state index in [1.54, 1.807) is 0 Å². The molecule has 1 rings (SSSR count). The summed E-state index contributed by atoms with van der Waals surface area (Å²) >= 11 is 5.24. The lowest BCUT2D eigenvalue weighted by Crippen LogP contribution is -1.77. The molecule has 0 nitrogen and oxygen atoms in total. The van der Waals surface area contributed by atoms with E-state index in [1.165, 1.54) is 6.07 Å². The van der Waals surface area contributed by atoms with E-state index in [4.69, 9.17) is 11.6 Å². The van der Waals surface area contributed by atoms with Crippen LogP contribution in [-0.4, -0.2) is 0 Å². The smallest absolute Gasteiger partial charge is 0.144 e. The second-order valence-electron chi connectivity index (χ2n) is 1.56. The molecule has 0 saturated heterocycles. The minimum atomic E-state index is -0.725. The standard InChI is InChI=1S/C6H3ClF2.H3P/c7-5-2-1-4(8)3-6(5)9;/h1-3H;1H3. The average Bonchev–Trinajstić information content (AvgIpc) is 1.80. The van der Waals surface area contributed by atoms with Crippen LogP contribution >= 0.6 is 21.5 Å². The molecule has 1 aromatic rings. The zero-order valence-corrected chi connectivity index (χ0v) is 7.24. The average molecular weight is 183 g/mol. The minimum Gasteiger partial charge on any atom is -0.207 e. The second-order valence-corrected chi connectivity index (χ2v) is 1.97. The van der Waals surface area contributed by atoms with Crippen molar-refractivity contribution in [1.82, 2.24) is 0 Å². The molecule has 0 heterocycles. The first-order valence-electron chi connectivity index (χ1n) is 2.30. The van der Waals surface area contributed by atoms with Crippen LogP contribution < -0.4 is 0 Å². The fourth-order valence-electron chi connectivity index (χ4n) is 0.470. The van der Waals surface area contributed by atoms with Gasteiger partial charge in [-0.25, -0.2) is 8.78 Å². The van der Waals surface area contributed by atoms with Gasteiger partial charge in [-0.1, -0.05) is 11.6 Å². The van der Waals surface area contributed by atoms with Crippen LogP contribution in [0.5, 0.6) is 0 Å². The topological polar surface area (TPSA) is 0 Å². The van der Waals surface area contributed by atoms with Crippen LogP contribution in [0.2, 0.25) is 5.02 Å². The molecule has 1 atom stereocenters. The molecule has 4 heteroatoms. The van der Waals surface area contributed by atoms with E-state index in [0.717, 1.165) is 12.1 Å². The van der Waals surface area contributed by atoms with Crippen LogP contribution in [0.25, 0.3) is 0 Å². The van der Waals surface area contributed by atoms with Crippen LogP contribution in [0.15, 0.2) is 18.2 Å². The van der Waals surface area contributed by atoms with Gasteiger partial charge in [-0.2, -0.15) is 9.90 Å². The van der Waals surface area contributed by atoms with Gasteiger partial charge in [0.25, 0.3) is 0 Å². The lowest BCUT2D eigenvalue weighted by atomic mass is 10.3. The Labute approximate surface area is 65.8 Å². The molecule has 0 fully saturated rings. The molecule has 0 aliphatic heterocycles. The van der Waals surface area contributed by atoms with Crippen LogP contribution in [0.4, 0.5) is 8.78 Å². The number of rotatable bonds is 0. The summed E-state index contributed by atoms with van der Waals surface area (Å²) in [4.78, 5) is 0. The number of hydrogen-bond acceptors (Lipinski definition) is 0. The molecule has 0 spiro atoms. The van der Waals surface area contributed by atoms with Gasteiger partial charge in [0.1, 0.15) is 11.6 Å². The molecule has 56 valence electrons. The lowest BCUT2D eigenvalue weighted by molar-refractivity contribution is 0.583. The van der Waals surface area contributed by atoms with Crippen LogP contribution in [0, 0.1) is 11.6 Å². The molecule has 1 unspecified atom stereocenters. The van der Waals surface area contributed by atoms with Crippen molar-refractivity contribution in [1.29, 1.82) is 0 Å². The van der Waals surface area contributed by atoms with E-state index in [0.29, 0.717) is 0 Å². The predicted octanol–water partition coefficient (Wildman–Crippen LogP) is 2.68. The third kappa shape index (κ3) is 2.20. The molecule has 0 saturated carbocycles. The van der Waals surface area contributed by atoms with Gasteiger partial charge in [0.05, 0.1) is 5.02 Å². The molecule has 0 aliphatic rings. The highest BCUT2D eigenvalue weighted by Crippen LogP contribution is 2.13. The predicted molar refractivity (Wildman–Crippen MR) is 42.5 cm³/mol. The van der Waals surface area contributed by atoms with Gasteiger partial charge < -0.3 is 0 Å². The van der Waals surface area contributed by atoms with Crippen molar-refractivity contribution in [2.75, 3.05) is 0 Å². The van der Waals surface area contributed by atoms with E-state index < -0.39 is 11.6 Å². The van der Waals surface area contributed by atoms with Crippen LogP contribution in [-0.2, 0) is 0 Å². The van der Waals surface area contributed by atoms with Crippen molar-refractivity contribution < 1.29 is 8.78 Å². The maximum Gasteiger partial charge on any atom is 0.144 e. The number of halogens is 3. The Morgan fingerprint density at radius 3 is 2.20 bits per heavy atom. The van der Waals surface area contributed by atoms with Crippen LogP contribution in [0.3, 0.4) is 0 Å². The minimum absolute atomic E-state index is 0. The first-order valence-corrected chi connectivity index (χ1v) is 2.68. The van der Waals surface area contributed by atoms with Gasteiger partial charge in [0, 0.05) is 6.07 Å². The molecule has 0 amide bonds. The number of benzene rings is 1. The van der Waals surface area contributed by atoms with Gasteiger partial charge in [-0.3, -0.25) is 0 Å². The Bertz CT molecular complexity index is 227. The Morgan fingerprint density at radius 2 is 1.80 bits per heavy atom. The van der Waals surface area contributed by atoms with Crippen molar-refractivity contribution in [3.8, 4) is 0 Å². The quantitative estimate of drug-likeness (QED) is 0.428. The first-order chi connectivity index (χ1) is 4.20. The molecular weight excluding hydrogens is 176 g/mol. The molecule has 0 N–H and O–H groups in total. The van der Waals surface area contributed by atoms with Crippen molar-refractivity contribution in [3.05, 3.63) is 34.9 Å². The molecule has 1 aromatic carbocycles. The maximum atomic E-state index is 12.2. The van der Waals surface area contributed by atoms with Crippen molar-refractivity contribution >= 4 is 21.5 Å². The van der Waals surface area contributed by atoms with Crippen molar-refractivity contribution in [2.24, 2.45) is 0 Å². The summed E-state index contributed by atoms with van der Waals surface area (Å²) in [7, 11) is 0. The Morgan fingerprint density at radius 1 is 1.20 bits per heavy atom. The highest BCUT2D eigenvalue weighted by molar-refractivity contribution is 6.92. The van der Waals surface area contributed by atoms with Gasteiger partial charge in [-0.05, 0) is 12.1 Å². The fraction of sp³-hybridized carbons (Fsp3) is 0. The van der Waals surface area contributed by atoms with E-state index >= 15 is 0 Å². The van der Waals surface area contributed by atoms with Crippen molar-refractivity contribution in [2.45, 2.75) is 0 Å². The molecule has 0 bridgehead atoms. The van der Waals surface area contributed by atoms with Gasteiger partial charge in [0.2, 0.25) is 0 Å². The second kappa shape index (κ2) is 3.85. The lowest BCUT2D eigenvalue weighted by Gasteiger charge is -1.90. The highest BCUT2D eigenvalue weighted by Gasteiger charge is 1.97. The summed E-state index contributed by atoms with van der Waals surface area (Å²) in [6, 6.07) is 3.01. The fourth-order valence-corrected chi connectivity index (χ4v) is 0.588. The normalized spacial score (nSPS) is 8.70. The molecule has 10 heavy (non-hydrogen) atoms. The Kier molecular flexibility index (Phi) is 3.77. The Balaban J connectivity index is 0.000000810. The summed E-state index contributed by atoms with van der Waals surface area (Å²) < 4.78 is 24.3. The molecule has 0 aliphatic carbocycles. The summed E-state index contributed by atoms with van der Waals surface area (Å²) in [6.45, 7) is 0. The van der Waals surface area contributed by atoms with E-state index in [2.05, 4.69) is 0 Å². The summed E-state index contributed by atoms with van der Waals surface area (Å²) in [5.41, 5.74) is 0. The maximum absolute atomic E-state index is 12.2. The third-order valence-electron chi connectivity index (χ3n) is 0.882. The zero-order chi connectivity index (χ0) is 6.85. The van der Waals surface area contributed by atoms with E-state index in [1.807, 2.05) is 0 Å². The summed E-state index contributed by atoms with van der Waals surface area (Å²) in [5.74, 6) is -1.34. The monoisotopic (exact) mass is 182 g/mol. The third-order valence-corrected chi connectivity index (χ3v) is 1.19. The van der Waals surface area contributed by atoms with Gasteiger partial charge >= 0.3 is 0 Å². The van der Waals surface area contributed by atoms with E-state index in [9.17, 15) is 8.78 Å². The highest BCUT2D eigenvalue weighted by atomic mass is 35.5. The van der Waals surface area contributed by atoms with Crippen molar-refractivity contribution in [3.63, 3.8) is 0 Å². The van der Waals surface area contributed by atoms with Gasteiger partial charge in [0.15, 0.2) is 0 Å². The SMILES string of the molecule is Fc1ccc(Cl)c(F)c1.P. The van der Waals surface area contributed by atoms with Crippen LogP contribution in [0.1, 0.15) is 0 Å². The summed E-state index contributed by atoms with van der Waals surface area (Å²) in [6.07, 6.45) is 0. The number of hydrogen-bond donors (Lipinski definition) is 0. The largest absolute Gasteiger partial charge is 0.207 e. The first kappa shape index (κ1) is 9.80. The van der Waals surface area contributed by atoms with E-state index in [-0.39, 0.29) is 14.9 Å². The molecular formula is C6H6ClF2P. The van der Waals surface area contributed by atoms with Gasteiger partial charge in [-0.15, -0.1) is 0 Å². The zero-order valence-electron chi connectivity index (χ0n) is 5.07.